The van der Waals surface area contributed by atoms with E-state index < -0.39 is 6.09 Å². The Morgan fingerprint density at radius 2 is 1.78 bits per heavy atom. The average Bonchev–Trinajstić information content (AvgIpc) is 2.69. The number of para-hydroxylation sites is 2. The summed E-state index contributed by atoms with van der Waals surface area (Å²) in [5.74, 6) is 0.604. The number of hydrogen-bond donors (Lipinski definition) is 1. The first-order valence-electron chi connectivity index (χ1n) is 8.95. The topological polar surface area (TPSA) is 54.0 Å². The number of piperazine rings is 1. The van der Waals surface area contributed by atoms with Crippen molar-refractivity contribution in [3.63, 3.8) is 0 Å². The van der Waals surface area contributed by atoms with Crippen molar-refractivity contribution in [1.29, 1.82) is 0 Å². The van der Waals surface area contributed by atoms with Crippen LogP contribution in [0.25, 0.3) is 0 Å². The smallest absolute Gasteiger partial charge is 0.411 e. The van der Waals surface area contributed by atoms with E-state index in [4.69, 9.17) is 21.1 Å². The Hall–Kier alpha value is -2.44. The summed E-state index contributed by atoms with van der Waals surface area (Å²) >= 11 is 5.94. The molecule has 0 unspecified atom stereocenters. The Balaban J connectivity index is 1.37. The van der Waals surface area contributed by atoms with Crippen molar-refractivity contribution < 1.29 is 14.3 Å². The van der Waals surface area contributed by atoms with Crippen LogP contribution in [0, 0.1) is 0 Å². The number of amides is 1. The van der Waals surface area contributed by atoms with Gasteiger partial charge in [-0.15, -0.1) is 0 Å². The summed E-state index contributed by atoms with van der Waals surface area (Å²) in [4.78, 5) is 16.6. The molecule has 144 valence electrons. The van der Waals surface area contributed by atoms with Gasteiger partial charge in [-0.25, -0.2) is 4.79 Å². The third-order valence-corrected chi connectivity index (χ3v) is 4.80. The van der Waals surface area contributed by atoms with Gasteiger partial charge in [0.1, 0.15) is 12.4 Å². The van der Waals surface area contributed by atoms with Crippen LogP contribution in [0.5, 0.6) is 5.75 Å². The standard InChI is InChI=1S/C20H24ClN3O3/c1-26-19-5-3-2-4-18(19)22-20(25)27-15-14-23-10-12-24(13-11-23)17-8-6-16(21)7-9-17/h2-9H,10-15H2,1H3,(H,22,25). The Morgan fingerprint density at radius 3 is 2.48 bits per heavy atom. The summed E-state index contributed by atoms with van der Waals surface area (Å²) in [7, 11) is 1.57. The summed E-state index contributed by atoms with van der Waals surface area (Å²) < 4.78 is 10.5. The van der Waals surface area contributed by atoms with E-state index in [1.807, 2.05) is 36.4 Å². The number of methoxy groups -OCH3 is 1. The number of carbonyl (C=O) groups excluding carboxylic acids is 1. The van der Waals surface area contributed by atoms with Crippen LogP contribution in [-0.4, -0.2) is 57.4 Å². The van der Waals surface area contributed by atoms with Crippen LogP contribution in [0.3, 0.4) is 0 Å². The first kappa shape index (κ1) is 19.3. The van der Waals surface area contributed by atoms with Gasteiger partial charge >= 0.3 is 6.09 Å². The minimum Gasteiger partial charge on any atom is -0.495 e. The lowest BCUT2D eigenvalue weighted by atomic mass is 10.2. The maximum atomic E-state index is 12.0. The van der Waals surface area contributed by atoms with Crippen LogP contribution < -0.4 is 15.0 Å². The van der Waals surface area contributed by atoms with Crippen molar-refractivity contribution in [2.75, 3.05) is 56.7 Å². The van der Waals surface area contributed by atoms with Gasteiger partial charge < -0.3 is 14.4 Å². The highest BCUT2D eigenvalue weighted by molar-refractivity contribution is 6.30. The van der Waals surface area contributed by atoms with Crippen LogP contribution in [0.4, 0.5) is 16.2 Å². The van der Waals surface area contributed by atoms with Gasteiger partial charge in [-0.1, -0.05) is 23.7 Å². The average molecular weight is 390 g/mol. The zero-order valence-electron chi connectivity index (χ0n) is 15.4. The van der Waals surface area contributed by atoms with Crippen LogP contribution >= 0.6 is 11.6 Å². The fraction of sp³-hybridized carbons (Fsp3) is 0.350. The van der Waals surface area contributed by atoms with Gasteiger partial charge in [-0.05, 0) is 36.4 Å². The van der Waals surface area contributed by atoms with Crippen molar-refractivity contribution in [2.45, 2.75) is 0 Å². The number of hydrogen-bond acceptors (Lipinski definition) is 5. The number of rotatable bonds is 6. The minimum absolute atomic E-state index is 0.349. The molecular formula is C20H24ClN3O3. The Bertz CT molecular complexity index is 746. The van der Waals surface area contributed by atoms with Gasteiger partial charge in [-0.3, -0.25) is 10.2 Å². The fourth-order valence-corrected chi connectivity index (χ4v) is 3.17. The molecule has 0 aromatic heterocycles. The molecule has 1 saturated heterocycles. The summed E-state index contributed by atoms with van der Waals surface area (Å²) in [5, 5.41) is 3.46. The molecule has 2 aromatic carbocycles. The molecule has 0 spiro atoms. The lowest BCUT2D eigenvalue weighted by molar-refractivity contribution is 0.137. The van der Waals surface area contributed by atoms with E-state index in [9.17, 15) is 4.79 Å². The summed E-state index contributed by atoms with van der Waals surface area (Å²) in [6, 6.07) is 15.2. The third-order valence-electron chi connectivity index (χ3n) is 4.55. The quantitative estimate of drug-likeness (QED) is 0.816. The van der Waals surface area contributed by atoms with Gasteiger partial charge in [-0.2, -0.15) is 0 Å². The Kier molecular flexibility index (Phi) is 6.79. The van der Waals surface area contributed by atoms with Crippen LogP contribution in [0.2, 0.25) is 5.02 Å². The molecule has 1 fully saturated rings. The second kappa shape index (κ2) is 9.48. The first-order valence-corrected chi connectivity index (χ1v) is 9.33. The molecular weight excluding hydrogens is 366 g/mol. The maximum Gasteiger partial charge on any atom is 0.411 e. The molecule has 0 aliphatic carbocycles. The number of nitrogens with one attached hydrogen (secondary N) is 1. The number of nitrogens with zero attached hydrogens (tertiary/aromatic N) is 2. The molecule has 6 nitrogen and oxygen atoms in total. The van der Waals surface area contributed by atoms with Gasteiger partial charge in [0.15, 0.2) is 0 Å². The minimum atomic E-state index is -0.473. The second-order valence-electron chi connectivity index (χ2n) is 6.27. The molecule has 0 saturated carbocycles. The Labute approximate surface area is 164 Å². The normalized spacial score (nSPS) is 14.7. The van der Waals surface area contributed by atoms with E-state index in [2.05, 4.69) is 15.1 Å². The van der Waals surface area contributed by atoms with Crippen LogP contribution in [0.1, 0.15) is 0 Å². The number of anilines is 2. The largest absolute Gasteiger partial charge is 0.495 e. The highest BCUT2D eigenvalue weighted by Gasteiger charge is 2.17. The third kappa shape index (κ3) is 5.52. The molecule has 1 heterocycles. The van der Waals surface area contributed by atoms with Crippen LogP contribution in [0.15, 0.2) is 48.5 Å². The molecule has 1 amide bonds. The molecule has 0 bridgehead atoms. The molecule has 0 radical (unpaired) electrons. The van der Waals surface area contributed by atoms with Gasteiger partial charge in [0.2, 0.25) is 0 Å². The molecule has 0 atom stereocenters. The number of benzene rings is 2. The SMILES string of the molecule is COc1ccccc1NC(=O)OCCN1CCN(c2ccc(Cl)cc2)CC1. The van der Waals surface area contributed by atoms with Crippen molar-refractivity contribution in [3.05, 3.63) is 53.6 Å². The van der Waals surface area contributed by atoms with E-state index in [0.717, 1.165) is 31.2 Å². The summed E-state index contributed by atoms with van der Waals surface area (Å²) in [6.45, 7) is 4.81. The van der Waals surface area contributed by atoms with Crippen LogP contribution in [-0.2, 0) is 4.74 Å². The van der Waals surface area contributed by atoms with E-state index in [1.165, 1.54) is 5.69 Å². The molecule has 1 N–H and O–H groups in total. The molecule has 7 heteroatoms. The number of halogens is 1. The van der Waals surface area contributed by atoms with Crippen molar-refractivity contribution in [1.82, 2.24) is 4.90 Å². The zero-order chi connectivity index (χ0) is 19.1. The van der Waals surface area contributed by atoms with E-state index in [-0.39, 0.29) is 0 Å². The summed E-state index contributed by atoms with van der Waals surface area (Å²) in [6.07, 6.45) is -0.473. The second-order valence-corrected chi connectivity index (χ2v) is 6.70. The van der Waals surface area contributed by atoms with E-state index in [0.29, 0.717) is 24.6 Å². The molecule has 1 aliphatic heterocycles. The van der Waals surface area contributed by atoms with Gasteiger partial charge in [0.05, 0.1) is 12.8 Å². The zero-order valence-corrected chi connectivity index (χ0v) is 16.1. The van der Waals surface area contributed by atoms with Crippen molar-refractivity contribution in [3.8, 4) is 5.75 Å². The highest BCUT2D eigenvalue weighted by Crippen LogP contribution is 2.23. The summed E-state index contributed by atoms with van der Waals surface area (Å²) in [5.41, 5.74) is 1.79. The molecule has 27 heavy (non-hydrogen) atoms. The van der Waals surface area contributed by atoms with E-state index >= 15 is 0 Å². The molecule has 3 rings (SSSR count). The lowest BCUT2D eigenvalue weighted by Gasteiger charge is -2.36. The van der Waals surface area contributed by atoms with Gasteiger partial charge in [0, 0.05) is 43.4 Å². The fourth-order valence-electron chi connectivity index (χ4n) is 3.04. The highest BCUT2D eigenvalue weighted by atomic mass is 35.5. The lowest BCUT2D eigenvalue weighted by Crippen LogP contribution is -2.47. The van der Waals surface area contributed by atoms with Gasteiger partial charge in [0.25, 0.3) is 0 Å². The Morgan fingerprint density at radius 1 is 1.07 bits per heavy atom. The van der Waals surface area contributed by atoms with Crippen molar-refractivity contribution >= 4 is 29.1 Å². The molecule has 2 aromatic rings. The molecule has 1 aliphatic rings. The monoisotopic (exact) mass is 389 g/mol. The van der Waals surface area contributed by atoms with E-state index in [1.54, 1.807) is 19.2 Å². The predicted molar refractivity (Wildman–Crippen MR) is 108 cm³/mol. The number of carbonyl (C=O) groups is 1. The first-order chi connectivity index (χ1) is 13.2. The maximum absolute atomic E-state index is 12.0. The van der Waals surface area contributed by atoms with Crippen molar-refractivity contribution in [2.24, 2.45) is 0 Å². The number of ether oxygens (including phenoxy) is 2. The predicted octanol–water partition coefficient (Wildman–Crippen LogP) is 3.72.